The molecule has 2 nitrogen and oxygen atoms in total. The van der Waals surface area contributed by atoms with Gasteiger partial charge in [0.2, 0.25) is 0 Å². The van der Waals surface area contributed by atoms with Crippen LogP contribution in [0, 0.1) is 5.92 Å². The normalized spacial score (nSPS) is 13.2. The van der Waals surface area contributed by atoms with Crippen molar-refractivity contribution in [3.05, 3.63) is 0 Å². The summed E-state index contributed by atoms with van der Waals surface area (Å²) in [6, 6.07) is 0. The average Bonchev–Trinajstić information content (AvgIpc) is 2.05. The van der Waals surface area contributed by atoms with Gasteiger partial charge in [-0.15, -0.1) is 0 Å². The summed E-state index contributed by atoms with van der Waals surface area (Å²) in [6.07, 6.45) is 5.10. The highest BCUT2D eigenvalue weighted by atomic mass is 14.8. The van der Waals surface area contributed by atoms with Gasteiger partial charge in [0.15, 0.2) is 0 Å². The van der Waals surface area contributed by atoms with Crippen molar-refractivity contribution < 1.29 is 0 Å². The molecule has 0 aromatic heterocycles. The molecule has 0 radical (unpaired) electrons. The van der Waals surface area contributed by atoms with Crippen LogP contribution in [0.4, 0.5) is 0 Å². The van der Waals surface area contributed by atoms with Gasteiger partial charge in [-0.05, 0) is 38.4 Å². The summed E-state index contributed by atoms with van der Waals surface area (Å²) >= 11 is 0. The Morgan fingerprint density at radius 2 is 2.08 bits per heavy atom. The fourth-order valence-corrected chi connectivity index (χ4v) is 1.24. The lowest BCUT2D eigenvalue weighted by atomic mass is 10.1. The fourth-order valence-electron chi connectivity index (χ4n) is 1.24. The van der Waals surface area contributed by atoms with E-state index in [0.29, 0.717) is 0 Å². The van der Waals surface area contributed by atoms with Crippen molar-refractivity contribution in [3.8, 4) is 0 Å². The lowest BCUT2D eigenvalue weighted by molar-refractivity contribution is 0.479. The largest absolute Gasteiger partial charge is 0.330 e. The van der Waals surface area contributed by atoms with E-state index < -0.39 is 0 Å². The highest BCUT2D eigenvalue weighted by Gasteiger charge is 1.98. The number of rotatable bonds is 8. The minimum absolute atomic E-state index is 0.733. The second-order valence-corrected chi connectivity index (χ2v) is 3.59. The molecule has 1 atom stereocenters. The van der Waals surface area contributed by atoms with E-state index in [-0.39, 0.29) is 0 Å². The lowest BCUT2D eigenvalue weighted by Crippen LogP contribution is -2.23. The van der Waals surface area contributed by atoms with Gasteiger partial charge >= 0.3 is 0 Å². The molecule has 0 aromatic carbocycles. The number of hydrogen-bond acceptors (Lipinski definition) is 2. The summed E-state index contributed by atoms with van der Waals surface area (Å²) in [5.41, 5.74) is 5.45. The average molecular weight is 172 g/mol. The first-order valence-electron chi connectivity index (χ1n) is 5.22. The lowest BCUT2D eigenvalue weighted by Gasteiger charge is -2.10. The Hall–Kier alpha value is -0.0800. The predicted molar refractivity (Wildman–Crippen MR) is 55.2 cm³/mol. The van der Waals surface area contributed by atoms with Crippen LogP contribution >= 0.6 is 0 Å². The minimum Gasteiger partial charge on any atom is -0.330 e. The summed E-state index contributed by atoms with van der Waals surface area (Å²) in [5.74, 6) is 0.733. The molecule has 0 aliphatic rings. The van der Waals surface area contributed by atoms with E-state index in [9.17, 15) is 0 Å². The van der Waals surface area contributed by atoms with Crippen LogP contribution in [0.3, 0.4) is 0 Å². The van der Waals surface area contributed by atoms with Crippen LogP contribution in [0.15, 0.2) is 0 Å². The minimum atomic E-state index is 0.733. The predicted octanol–water partition coefficient (Wildman–Crippen LogP) is 1.75. The van der Waals surface area contributed by atoms with E-state index in [1.165, 1.54) is 25.8 Å². The Kier molecular flexibility index (Phi) is 8.95. The van der Waals surface area contributed by atoms with E-state index in [1.54, 1.807) is 0 Å². The quantitative estimate of drug-likeness (QED) is 0.547. The van der Waals surface area contributed by atoms with Gasteiger partial charge < -0.3 is 11.1 Å². The summed E-state index contributed by atoms with van der Waals surface area (Å²) in [7, 11) is 0. The first-order chi connectivity index (χ1) is 5.81. The molecule has 3 N–H and O–H groups in total. The molecule has 2 heteroatoms. The van der Waals surface area contributed by atoms with Crippen molar-refractivity contribution in [2.24, 2.45) is 11.7 Å². The van der Waals surface area contributed by atoms with E-state index in [2.05, 4.69) is 19.2 Å². The molecule has 0 rings (SSSR count). The topological polar surface area (TPSA) is 38.0 Å². The first-order valence-corrected chi connectivity index (χ1v) is 5.22. The van der Waals surface area contributed by atoms with E-state index in [4.69, 9.17) is 5.73 Å². The number of unbranched alkanes of at least 4 members (excludes halogenated alkanes) is 2. The SMILES string of the molecule is CCCCCNC[C@@H](C)CCN. The molecule has 0 aliphatic heterocycles. The smallest absolute Gasteiger partial charge is 0.00227 e. The van der Waals surface area contributed by atoms with Gasteiger partial charge in [0.25, 0.3) is 0 Å². The van der Waals surface area contributed by atoms with Gasteiger partial charge in [-0.3, -0.25) is 0 Å². The maximum Gasteiger partial charge on any atom is -0.00227 e. The summed E-state index contributed by atoms with van der Waals surface area (Å²) in [5, 5.41) is 3.45. The Balaban J connectivity index is 2.97. The van der Waals surface area contributed by atoms with Crippen LogP contribution in [-0.2, 0) is 0 Å². The summed E-state index contributed by atoms with van der Waals surface area (Å²) in [4.78, 5) is 0. The zero-order valence-corrected chi connectivity index (χ0v) is 8.60. The van der Waals surface area contributed by atoms with Crippen LogP contribution < -0.4 is 11.1 Å². The van der Waals surface area contributed by atoms with Crippen LogP contribution in [0.1, 0.15) is 39.5 Å². The third-order valence-corrected chi connectivity index (χ3v) is 2.11. The maximum atomic E-state index is 5.45. The zero-order chi connectivity index (χ0) is 9.23. The molecule has 0 spiro atoms. The van der Waals surface area contributed by atoms with Crippen molar-refractivity contribution >= 4 is 0 Å². The Morgan fingerprint density at radius 1 is 1.33 bits per heavy atom. The second-order valence-electron chi connectivity index (χ2n) is 3.59. The van der Waals surface area contributed by atoms with E-state index in [0.717, 1.165) is 25.4 Å². The van der Waals surface area contributed by atoms with Gasteiger partial charge in [-0.25, -0.2) is 0 Å². The van der Waals surface area contributed by atoms with Gasteiger partial charge in [0.05, 0.1) is 0 Å². The molecule has 74 valence electrons. The standard InChI is InChI=1S/C10H24N2/c1-3-4-5-8-12-9-10(2)6-7-11/h10,12H,3-9,11H2,1-2H3/t10-/m0/s1. The Morgan fingerprint density at radius 3 is 2.67 bits per heavy atom. The molecule has 0 bridgehead atoms. The molecule has 0 heterocycles. The Labute approximate surface area is 76.9 Å². The van der Waals surface area contributed by atoms with E-state index in [1.807, 2.05) is 0 Å². The molecule has 0 amide bonds. The number of nitrogens with two attached hydrogens (primary N) is 1. The van der Waals surface area contributed by atoms with Crippen molar-refractivity contribution in [2.75, 3.05) is 19.6 Å². The molecule has 0 aromatic rings. The van der Waals surface area contributed by atoms with Crippen LogP contribution in [0.2, 0.25) is 0 Å². The van der Waals surface area contributed by atoms with Gasteiger partial charge in [0, 0.05) is 0 Å². The van der Waals surface area contributed by atoms with Crippen molar-refractivity contribution in [2.45, 2.75) is 39.5 Å². The number of hydrogen-bond donors (Lipinski definition) is 2. The molecular formula is C10H24N2. The van der Waals surface area contributed by atoms with Crippen LogP contribution in [0.25, 0.3) is 0 Å². The van der Waals surface area contributed by atoms with Crippen molar-refractivity contribution in [3.63, 3.8) is 0 Å². The van der Waals surface area contributed by atoms with Crippen molar-refractivity contribution in [1.82, 2.24) is 5.32 Å². The highest BCUT2D eigenvalue weighted by molar-refractivity contribution is 4.57. The molecule has 12 heavy (non-hydrogen) atoms. The van der Waals surface area contributed by atoms with Crippen LogP contribution in [0.5, 0.6) is 0 Å². The van der Waals surface area contributed by atoms with Gasteiger partial charge in [-0.2, -0.15) is 0 Å². The van der Waals surface area contributed by atoms with E-state index >= 15 is 0 Å². The van der Waals surface area contributed by atoms with Gasteiger partial charge in [-0.1, -0.05) is 26.7 Å². The summed E-state index contributed by atoms with van der Waals surface area (Å²) < 4.78 is 0. The molecule has 0 aliphatic carbocycles. The summed E-state index contributed by atoms with van der Waals surface area (Å²) in [6.45, 7) is 7.60. The molecular weight excluding hydrogens is 148 g/mol. The van der Waals surface area contributed by atoms with Crippen molar-refractivity contribution in [1.29, 1.82) is 0 Å². The second kappa shape index (κ2) is 9.01. The molecule has 0 saturated heterocycles. The number of nitrogens with one attached hydrogen (secondary N) is 1. The molecule has 0 fully saturated rings. The third-order valence-electron chi connectivity index (χ3n) is 2.11. The fraction of sp³-hybridized carbons (Fsp3) is 1.00. The maximum absolute atomic E-state index is 5.45. The third kappa shape index (κ3) is 8.02. The molecule has 0 unspecified atom stereocenters. The zero-order valence-electron chi connectivity index (χ0n) is 8.60. The van der Waals surface area contributed by atoms with Gasteiger partial charge in [0.1, 0.15) is 0 Å². The molecule has 0 saturated carbocycles. The monoisotopic (exact) mass is 172 g/mol. The highest BCUT2D eigenvalue weighted by Crippen LogP contribution is 1.97. The Bertz CT molecular complexity index is 83.9. The first kappa shape index (κ1) is 11.9. The van der Waals surface area contributed by atoms with Crippen LogP contribution in [-0.4, -0.2) is 19.6 Å².